The van der Waals surface area contributed by atoms with Gasteiger partial charge in [-0.15, -0.1) is 0 Å². The monoisotopic (exact) mass is 314 g/mol. The minimum Gasteiger partial charge on any atom is -0.489 e. The molecule has 4 heteroatoms. The van der Waals surface area contributed by atoms with Gasteiger partial charge in [-0.25, -0.2) is 0 Å². The van der Waals surface area contributed by atoms with Gasteiger partial charge in [0, 0.05) is 25.2 Å². The Hall–Kier alpha value is -1.55. The van der Waals surface area contributed by atoms with Gasteiger partial charge in [0.25, 0.3) is 5.91 Å². The SMILES string of the molecule is O=C(c1ccc(OC2CCNC2)cc1)N1CC2CCC(CC2)C1. The predicted octanol–water partition coefficient (Wildman–Crippen LogP) is 2.69. The van der Waals surface area contributed by atoms with Crippen LogP contribution in [0.4, 0.5) is 0 Å². The van der Waals surface area contributed by atoms with E-state index in [1.807, 2.05) is 24.3 Å². The Morgan fingerprint density at radius 2 is 1.65 bits per heavy atom. The zero-order valence-corrected chi connectivity index (χ0v) is 13.7. The molecule has 1 aliphatic carbocycles. The lowest BCUT2D eigenvalue weighted by atomic mass is 9.84. The third-order valence-electron chi connectivity index (χ3n) is 5.63. The third-order valence-corrected chi connectivity index (χ3v) is 5.63. The number of amides is 1. The first-order chi connectivity index (χ1) is 11.3. The molecule has 23 heavy (non-hydrogen) atoms. The van der Waals surface area contributed by atoms with Gasteiger partial charge in [-0.3, -0.25) is 4.79 Å². The summed E-state index contributed by atoms with van der Waals surface area (Å²) in [5.74, 6) is 2.49. The number of hydrogen-bond donors (Lipinski definition) is 1. The van der Waals surface area contributed by atoms with Gasteiger partial charge in [0.2, 0.25) is 0 Å². The van der Waals surface area contributed by atoms with Gasteiger partial charge in [-0.1, -0.05) is 0 Å². The van der Waals surface area contributed by atoms with Crippen molar-refractivity contribution in [2.24, 2.45) is 11.8 Å². The van der Waals surface area contributed by atoms with E-state index >= 15 is 0 Å². The molecule has 1 amide bonds. The molecule has 1 aromatic carbocycles. The predicted molar refractivity (Wildman–Crippen MR) is 89.7 cm³/mol. The zero-order valence-electron chi connectivity index (χ0n) is 13.7. The molecule has 4 fully saturated rings. The quantitative estimate of drug-likeness (QED) is 0.932. The number of carbonyl (C=O) groups is 1. The molecule has 4 aliphatic rings. The number of hydrogen-bond acceptors (Lipinski definition) is 3. The van der Waals surface area contributed by atoms with E-state index in [2.05, 4.69) is 10.2 Å². The molecule has 124 valence electrons. The first-order valence-electron chi connectivity index (χ1n) is 9.04. The van der Waals surface area contributed by atoms with Gasteiger partial charge >= 0.3 is 0 Å². The Morgan fingerprint density at radius 3 is 2.22 bits per heavy atom. The molecule has 0 spiro atoms. The maximum Gasteiger partial charge on any atom is 0.253 e. The van der Waals surface area contributed by atoms with E-state index in [0.29, 0.717) is 0 Å². The Kier molecular flexibility index (Phi) is 4.25. The fraction of sp³-hybridized carbons (Fsp3) is 0.632. The second-order valence-corrected chi connectivity index (χ2v) is 7.35. The highest BCUT2D eigenvalue weighted by atomic mass is 16.5. The zero-order chi connectivity index (χ0) is 15.6. The van der Waals surface area contributed by atoms with Crippen LogP contribution in [0.2, 0.25) is 0 Å². The van der Waals surface area contributed by atoms with Crippen LogP contribution in [-0.2, 0) is 0 Å². The van der Waals surface area contributed by atoms with Crippen LogP contribution < -0.4 is 10.1 Å². The number of nitrogens with zero attached hydrogens (tertiary/aromatic N) is 1. The van der Waals surface area contributed by atoms with Crippen LogP contribution in [0.15, 0.2) is 24.3 Å². The molecule has 2 bridgehead atoms. The Balaban J connectivity index is 1.41. The largest absolute Gasteiger partial charge is 0.489 e. The smallest absolute Gasteiger partial charge is 0.253 e. The Morgan fingerprint density at radius 1 is 1.00 bits per heavy atom. The molecule has 3 heterocycles. The maximum absolute atomic E-state index is 12.8. The van der Waals surface area contributed by atoms with Crippen LogP contribution in [0.1, 0.15) is 42.5 Å². The Labute approximate surface area is 138 Å². The summed E-state index contributed by atoms with van der Waals surface area (Å²) >= 11 is 0. The molecule has 3 saturated heterocycles. The van der Waals surface area contributed by atoms with Crippen molar-refractivity contribution in [3.05, 3.63) is 29.8 Å². The summed E-state index contributed by atoms with van der Waals surface area (Å²) in [6.45, 7) is 3.83. The van der Waals surface area contributed by atoms with Crippen molar-refractivity contribution in [2.75, 3.05) is 26.2 Å². The van der Waals surface area contributed by atoms with Crippen molar-refractivity contribution in [2.45, 2.75) is 38.2 Å². The van der Waals surface area contributed by atoms with Crippen LogP contribution >= 0.6 is 0 Å². The molecular weight excluding hydrogens is 288 g/mol. The van der Waals surface area contributed by atoms with Crippen LogP contribution in [0.5, 0.6) is 5.75 Å². The lowest BCUT2D eigenvalue weighted by Crippen LogP contribution is -2.34. The summed E-state index contributed by atoms with van der Waals surface area (Å²) in [6, 6.07) is 7.73. The van der Waals surface area contributed by atoms with Crippen LogP contribution in [0, 0.1) is 11.8 Å². The summed E-state index contributed by atoms with van der Waals surface area (Å²) in [5, 5.41) is 3.30. The number of rotatable bonds is 3. The normalized spacial score (nSPS) is 30.3. The van der Waals surface area contributed by atoms with Crippen LogP contribution in [0.3, 0.4) is 0 Å². The third kappa shape index (κ3) is 3.37. The molecule has 5 rings (SSSR count). The molecule has 1 aromatic rings. The number of fused-ring (bicyclic) bond motifs is 4. The number of ether oxygens (including phenoxy) is 1. The van der Waals surface area contributed by atoms with Gasteiger partial charge in [-0.05, 0) is 74.8 Å². The molecule has 3 aliphatic heterocycles. The van der Waals surface area contributed by atoms with E-state index in [4.69, 9.17) is 4.74 Å². The topological polar surface area (TPSA) is 41.6 Å². The van der Waals surface area contributed by atoms with Gasteiger partial charge in [0.1, 0.15) is 11.9 Å². The standard InChI is InChI=1S/C19H26N2O2/c22-19(21-12-14-1-2-15(13-21)4-3-14)16-5-7-17(8-6-16)23-18-9-10-20-11-18/h5-8,14-15,18,20H,1-4,9-13H2. The molecule has 1 saturated carbocycles. The summed E-state index contributed by atoms with van der Waals surface area (Å²) in [6.07, 6.45) is 6.52. The van der Waals surface area contributed by atoms with E-state index in [0.717, 1.165) is 55.7 Å². The van der Waals surface area contributed by atoms with E-state index in [1.54, 1.807) is 0 Å². The molecule has 0 radical (unpaired) electrons. The van der Waals surface area contributed by atoms with Crippen LogP contribution in [-0.4, -0.2) is 43.1 Å². The minimum absolute atomic E-state index is 0.192. The van der Waals surface area contributed by atoms with Crippen molar-refractivity contribution in [3.63, 3.8) is 0 Å². The summed E-state index contributed by atoms with van der Waals surface area (Å²) < 4.78 is 5.93. The maximum atomic E-state index is 12.8. The van der Waals surface area contributed by atoms with Gasteiger partial charge in [0.15, 0.2) is 0 Å². The average Bonchev–Trinajstić information content (AvgIpc) is 2.91. The Bertz CT molecular complexity index is 529. The van der Waals surface area contributed by atoms with Gasteiger partial charge in [-0.2, -0.15) is 0 Å². The molecule has 1 atom stereocenters. The van der Waals surface area contributed by atoms with Crippen LogP contribution in [0.25, 0.3) is 0 Å². The lowest BCUT2D eigenvalue weighted by Gasteiger charge is -2.23. The summed E-state index contributed by atoms with van der Waals surface area (Å²) in [5.41, 5.74) is 0.795. The highest BCUT2D eigenvalue weighted by Gasteiger charge is 2.31. The minimum atomic E-state index is 0.192. The first-order valence-corrected chi connectivity index (χ1v) is 9.04. The second kappa shape index (κ2) is 6.52. The number of carbonyl (C=O) groups excluding carboxylic acids is 1. The van der Waals surface area contributed by atoms with Gasteiger partial charge < -0.3 is 15.0 Å². The van der Waals surface area contributed by atoms with Crippen molar-refractivity contribution >= 4 is 5.91 Å². The highest BCUT2D eigenvalue weighted by molar-refractivity contribution is 5.94. The van der Waals surface area contributed by atoms with Crippen molar-refractivity contribution < 1.29 is 9.53 Å². The molecule has 4 nitrogen and oxygen atoms in total. The lowest BCUT2D eigenvalue weighted by molar-refractivity contribution is 0.0739. The fourth-order valence-corrected chi connectivity index (χ4v) is 4.24. The van der Waals surface area contributed by atoms with Crippen molar-refractivity contribution in [3.8, 4) is 5.75 Å². The highest BCUT2D eigenvalue weighted by Crippen LogP contribution is 2.34. The molecular formula is C19H26N2O2. The number of benzene rings is 1. The van der Waals surface area contributed by atoms with E-state index in [1.165, 1.54) is 25.7 Å². The van der Waals surface area contributed by atoms with Gasteiger partial charge in [0.05, 0.1) is 0 Å². The average molecular weight is 314 g/mol. The molecule has 1 unspecified atom stereocenters. The van der Waals surface area contributed by atoms with E-state index in [-0.39, 0.29) is 12.0 Å². The van der Waals surface area contributed by atoms with E-state index < -0.39 is 0 Å². The van der Waals surface area contributed by atoms with E-state index in [9.17, 15) is 4.79 Å². The van der Waals surface area contributed by atoms with Crippen molar-refractivity contribution in [1.29, 1.82) is 0 Å². The fourth-order valence-electron chi connectivity index (χ4n) is 4.24. The first kappa shape index (κ1) is 15.0. The summed E-state index contributed by atoms with van der Waals surface area (Å²) in [4.78, 5) is 14.9. The molecule has 1 N–H and O–H groups in total. The molecule has 0 aromatic heterocycles. The number of nitrogens with one attached hydrogen (secondary N) is 1. The summed E-state index contributed by atoms with van der Waals surface area (Å²) in [7, 11) is 0. The van der Waals surface area contributed by atoms with Crippen molar-refractivity contribution in [1.82, 2.24) is 10.2 Å². The second-order valence-electron chi connectivity index (χ2n) is 7.35.